The molecule has 0 spiro atoms. The molecule has 0 radical (unpaired) electrons. The van der Waals surface area contributed by atoms with Gasteiger partial charge in [0.1, 0.15) is 5.82 Å². The molecule has 0 unspecified atom stereocenters. The number of likely N-dealkylation sites (tertiary alicyclic amines) is 1. The number of halogens is 1. The minimum absolute atomic E-state index is 0.0711. The fraction of sp³-hybridized carbons (Fsp3) is 0.368. The second-order valence-electron chi connectivity index (χ2n) is 6.34. The van der Waals surface area contributed by atoms with Crippen LogP contribution in [-0.2, 0) is 4.79 Å². The predicted octanol–water partition coefficient (Wildman–Crippen LogP) is 4.16. The standard InChI is InChI=1S/C19H21FN2O2S/c20-16-5-1-2-6-17(16)21-18(23)8-7-14-4-3-10-22(12-14)19(24)15-9-11-25-13-15/h1-2,5-6,9,11,13-14H,3-4,7-8,10,12H2,(H,21,23)/t14-/m1/s1. The molecule has 2 aromatic rings. The zero-order chi connectivity index (χ0) is 17.6. The van der Waals surface area contributed by atoms with Gasteiger partial charge in [0.05, 0.1) is 11.3 Å². The van der Waals surface area contributed by atoms with Gasteiger partial charge in [0.2, 0.25) is 5.91 Å². The van der Waals surface area contributed by atoms with Gasteiger partial charge in [-0.25, -0.2) is 4.39 Å². The molecular weight excluding hydrogens is 339 g/mol. The molecule has 1 N–H and O–H groups in total. The molecule has 2 amide bonds. The number of nitrogens with zero attached hydrogens (tertiary/aromatic N) is 1. The molecule has 3 rings (SSSR count). The third-order valence-electron chi connectivity index (χ3n) is 4.50. The summed E-state index contributed by atoms with van der Waals surface area (Å²) >= 11 is 1.52. The maximum atomic E-state index is 13.6. The van der Waals surface area contributed by atoms with Gasteiger partial charge in [0.15, 0.2) is 0 Å². The van der Waals surface area contributed by atoms with Crippen LogP contribution < -0.4 is 5.32 Å². The van der Waals surface area contributed by atoms with Crippen molar-refractivity contribution < 1.29 is 14.0 Å². The number of anilines is 1. The fourth-order valence-corrected chi connectivity index (χ4v) is 3.79. The van der Waals surface area contributed by atoms with Gasteiger partial charge in [-0.2, -0.15) is 11.3 Å². The fourth-order valence-electron chi connectivity index (χ4n) is 3.16. The quantitative estimate of drug-likeness (QED) is 0.870. The lowest BCUT2D eigenvalue weighted by Crippen LogP contribution is -2.40. The molecule has 1 aliphatic heterocycles. The van der Waals surface area contributed by atoms with E-state index in [0.717, 1.165) is 24.9 Å². The molecule has 25 heavy (non-hydrogen) atoms. The average Bonchev–Trinajstić information content (AvgIpc) is 3.16. The van der Waals surface area contributed by atoms with E-state index in [1.54, 1.807) is 18.2 Å². The van der Waals surface area contributed by atoms with E-state index < -0.39 is 5.82 Å². The van der Waals surface area contributed by atoms with Crippen LogP contribution in [-0.4, -0.2) is 29.8 Å². The van der Waals surface area contributed by atoms with Crippen LogP contribution in [0.4, 0.5) is 10.1 Å². The zero-order valence-electron chi connectivity index (χ0n) is 13.9. The van der Waals surface area contributed by atoms with E-state index >= 15 is 0 Å². The molecule has 0 saturated carbocycles. The Bertz CT molecular complexity index is 733. The second kappa shape index (κ2) is 8.25. The Hall–Kier alpha value is -2.21. The molecule has 1 aliphatic rings. The summed E-state index contributed by atoms with van der Waals surface area (Å²) in [5, 5.41) is 6.39. The van der Waals surface area contributed by atoms with Crippen LogP contribution in [0.25, 0.3) is 0 Å². The minimum Gasteiger partial charge on any atom is -0.338 e. The van der Waals surface area contributed by atoms with Crippen LogP contribution in [0, 0.1) is 11.7 Å². The number of nitrogens with one attached hydrogen (secondary N) is 1. The smallest absolute Gasteiger partial charge is 0.254 e. The number of para-hydroxylation sites is 1. The Labute approximate surface area is 150 Å². The first-order valence-corrected chi connectivity index (χ1v) is 9.43. The molecule has 1 atom stereocenters. The van der Waals surface area contributed by atoms with Crippen molar-refractivity contribution in [3.63, 3.8) is 0 Å². The molecule has 132 valence electrons. The lowest BCUT2D eigenvalue weighted by atomic mass is 9.93. The number of carbonyl (C=O) groups excluding carboxylic acids is 2. The van der Waals surface area contributed by atoms with Crippen molar-refractivity contribution in [1.29, 1.82) is 0 Å². The molecular formula is C19H21FN2O2S. The number of carbonyl (C=O) groups is 2. The summed E-state index contributed by atoms with van der Waals surface area (Å²) < 4.78 is 13.6. The average molecular weight is 360 g/mol. The minimum atomic E-state index is -0.430. The zero-order valence-corrected chi connectivity index (χ0v) is 14.7. The number of hydrogen-bond acceptors (Lipinski definition) is 3. The number of rotatable bonds is 5. The molecule has 0 aliphatic carbocycles. The summed E-state index contributed by atoms with van der Waals surface area (Å²) in [4.78, 5) is 26.4. The maximum absolute atomic E-state index is 13.6. The molecule has 6 heteroatoms. The molecule has 1 saturated heterocycles. The van der Waals surface area contributed by atoms with Gasteiger partial charge in [-0.15, -0.1) is 0 Å². The topological polar surface area (TPSA) is 49.4 Å². The first-order valence-electron chi connectivity index (χ1n) is 8.49. The van der Waals surface area contributed by atoms with Crippen LogP contribution in [0.3, 0.4) is 0 Å². The number of benzene rings is 1. The normalized spacial score (nSPS) is 17.3. The van der Waals surface area contributed by atoms with E-state index in [4.69, 9.17) is 0 Å². The van der Waals surface area contributed by atoms with Crippen LogP contribution in [0.5, 0.6) is 0 Å². The van der Waals surface area contributed by atoms with Crippen LogP contribution in [0.15, 0.2) is 41.1 Å². The summed E-state index contributed by atoms with van der Waals surface area (Å²) in [7, 11) is 0. The van der Waals surface area contributed by atoms with Crippen molar-refractivity contribution in [1.82, 2.24) is 4.90 Å². The Morgan fingerprint density at radius 2 is 2.12 bits per heavy atom. The molecule has 4 nitrogen and oxygen atoms in total. The second-order valence-corrected chi connectivity index (χ2v) is 7.12. The van der Waals surface area contributed by atoms with Gasteiger partial charge in [-0.1, -0.05) is 12.1 Å². The van der Waals surface area contributed by atoms with Crippen molar-refractivity contribution in [2.24, 2.45) is 5.92 Å². The summed E-state index contributed by atoms with van der Waals surface area (Å²) in [5.41, 5.74) is 0.952. The monoisotopic (exact) mass is 360 g/mol. The third kappa shape index (κ3) is 4.66. The van der Waals surface area contributed by atoms with E-state index in [1.807, 2.05) is 21.7 Å². The lowest BCUT2D eigenvalue weighted by Gasteiger charge is -2.32. The maximum Gasteiger partial charge on any atom is 0.254 e. The SMILES string of the molecule is O=C(CC[C@H]1CCCN(C(=O)c2ccsc2)C1)Nc1ccccc1F. The summed E-state index contributed by atoms with van der Waals surface area (Å²) in [6.45, 7) is 1.45. The van der Waals surface area contributed by atoms with Gasteiger partial charge in [0.25, 0.3) is 5.91 Å². The molecule has 1 fully saturated rings. The van der Waals surface area contributed by atoms with E-state index in [0.29, 0.717) is 25.3 Å². The summed E-state index contributed by atoms with van der Waals surface area (Å²) in [6, 6.07) is 8.00. The first kappa shape index (κ1) is 17.6. The first-order chi connectivity index (χ1) is 12.1. The van der Waals surface area contributed by atoms with Crippen LogP contribution in [0.1, 0.15) is 36.0 Å². The molecule has 1 aromatic carbocycles. The highest BCUT2D eigenvalue weighted by Gasteiger charge is 2.25. The third-order valence-corrected chi connectivity index (χ3v) is 5.19. The van der Waals surface area contributed by atoms with Crippen molar-refractivity contribution in [3.8, 4) is 0 Å². The molecule has 1 aromatic heterocycles. The highest BCUT2D eigenvalue weighted by Crippen LogP contribution is 2.23. The van der Waals surface area contributed by atoms with E-state index in [2.05, 4.69) is 5.32 Å². The van der Waals surface area contributed by atoms with Gasteiger partial charge >= 0.3 is 0 Å². The predicted molar refractivity (Wildman–Crippen MR) is 97.2 cm³/mol. The highest BCUT2D eigenvalue weighted by atomic mass is 32.1. The van der Waals surface area contributed by atoms with Crippen molar-refractivity contribution in [2.45, 2.75) is 25.7 Å². The van der Waals surface area contributed by atoms with Crippen molar-refractivity contribution in [2.75, 3.05) is 18.4 Å². The van der Waals surface area contributed by atoms with Crippen molar-refractivity contribution >= 4 is 28.8 Å². The van der Waals surface area contributed by atoms with Gasteiger partial charge in [0, 0.05) is 24.9 Å². The lowest BCUT2D eigenvalue weighted by molar-refractivity contribution is -0.116. The number of amides is 2. The number of thiophene rings is 1. The van der Waals surface area contributed by atoms with E-state index in [-0.39, 0.29) is 17.5 Å². The van der Waals surface area contributed by atoms with Crippen LogP contribution in [0.2, 0.25) is 0 Å². The van der Waals surface area contributed by atoms with E-state index in [9.17, 15) is 14.0 Å². The van der Waals surface area contributed by atoms with Crippen molar-refractivity contribution in [3.05, 3.63) is 52.5 Å². The Kier molecular flexibility index (Phi) is 5.81. The Balaban J connectivity index is 1.49. The van der Waals surface area contributed by atoms with Gasteiger partial charge in [-0.05, 0) is 48.8 Å². The van der Waals surface area contributed by atoms with E-state index in [1.165, 1.54) is 17.4 Å². The molecule has 2 heterocycles. The Morgan fingerprint density at radius 1 is 1.28 bits per heavy atom. The molecule has 0 bridgehead atoms. The number of piperidine rings is 1. The van der Waals surface area contributed by atoms with Gasteiger partial charge in [-0.3, -0.25) is 9.59 Å². The summed E-state index contributed by atoms with van der Waals surface area (Å²) in [5.74, 6) is -0.239. The highest BCUT2D eigenvalue weighted by molar-refractivity contribution is 7.08. The Morgan fingerprint density at radius 3 is 2.88 bits per heavy atom. The largest absolute Gasteiger partial charge is 0.338 e. The number of hydrogen-bond donors (Lipinski definition) is 1. The van der Waals surface area contributed by atoms with Crippen LogP contribution >= 0.6 is 11.3 Å². The summed E-state index contributed by atoms with van der Waals surface area (Å²) in [6.07, 6.45) is 3.00. The van der Waals surface area contributed by atoms with Gasteiger partial charge < -0.3 is 10.2 Å².